The van der Waals surface area contributed by atoms with E-state index in [2.05, 4.69) is 9.62 Å². The number of nitrogens with one attached hydrogen (secondary N) is 1. The largest absolute Gasteiger partial charge is 0.497 e. The fourth-order valence-electron chi connectivity index (χ4n) is 4.88. The number of fused-ring (bicyclic) bond motifs is 1. The van der Waals surface area contributed by atoms with Gasteiger partial charge in [-0.15, -0.1) is 0 Å². The minimum Gasteiger partial charge on any atom is -0.497 e. The van der Waals surface area contributed by atoms with E-state index in [4.69, 9.17) is 9.47 Å². The summed E-state index contributed by atoms with van der Waals surface area (Å²) in [5.74, 6) is 0.516. The lowest BCUT2D eigenvalue weighted by Crippen LogP contribution is -2.49. The molecule has 1 aliphatic rings. The Morgan fingerprint density at radius 1 is 1.12 bits per heavy atom. The number of carbonyl (C=O) groups is 1. The maximum atomic E-state index is 13.7. The number of para-hydroxylation sites is 1. The fraction of sp³-hybridized carbons (Fsp3) is 0.387. The molecule has 0 bridgehead atoms. The summed E-state index contributed by atoms with van der Waals surface area (Å²) in [4.78, 5) is 17.6. The van der Waals surface area contributed by atoms with E-state index in [1.54, 1.807) is 61.4 Å². The van der Waals surface area contributed by atoms with Gasteiger partial charge in [0.05, 0.1) is 35.9 Å². The second kappa shape index (κ2) is 12.9. The highest BCUT2D eigenvalue weighted by Crippen LogP contribution is 2.36. The van der Waals surface area contributed by atoms with Crippen molar-refractivity contribution in [1.82, 2.24) is 9.80 Å². The Kier molecular flexibility index (Phi) is 9.57. The van der Waals surface area contributed by atoms with Crippen molar-refractivity contribution in [2.75, 3.05) is 38.6 Å². The van der Waals surface area contributed by atoms with Crippen LogP contribution in [0.3, 0.4) is 0 Å². The van der Waals surface area contributed by atoms with Crippen molar-refractivity contribution in [3.63, 3.8) is 0 Å². The number of benzene rings is 3. The Bertz CT molecular complexity index is 1440. The van der Waals surface area contributed by atoms with Gasteiger partial charge < -0.3 is 19.5 Å². The molecule has 0 saturated heterocycles. The van der Waals surface area contributed by atoms with Crippen molar-refractivity contribution >= 4 is 21.6 Å². The number of aryl methyl sites for hydroxylation is 1. The monoisotopic (exact) mass is 581 g/mol. The van der Waals surface area contributed by atoms with Crippen LogP contribution in [0.25, 0.3) is 0 Å². The molecule has 10 heteroatoms. The van der Waals surface area contributed by atoms with E-state index in [-0.39, 0.29) is 46.4 Å². The minimum absolute atomic E-state index is 0.109. The lowest BCUT2D eigenvalue weighted by Gasteiger charge is -2.38. The van der Waals surface area contributed by atoms with E-state index in [9.17, 15) is 18.3 Å². The van der Waals surface area contributed by atoms with Gasteiger partial charge in [-0.1, -0.05) is 42.8 Å². The van der Waals surface area contributed by atoms with Crippen LogP contribution < -0.4 is 14.2 Å². The second-order valence-electron chi connectivity index (χ2n) is 10.8. The first-order valence-corrected chi connectivity index (χ1v) is 15.1. The smallest absolute Gasteiger partial charge is 0.262 e. The van der Waals surface area contributed by atoms with Crippen molar-refractivity contribution in [1.29, 1.82) is 0 Å². The van der Waals surface area contributed by atoms with Crippen molar-refractivity contribution < 1.29 is 27.8 Å². The zero-order valence-corrected chi connectivity index (χ0v) is 25.0. The van der Waals surface area contributed by atoms with Crippen LogP contribution in [0.2, 0.25) is 0 Å². The van der Waals surface area contributed by atoms with Crippen LogP contribution in [0.4, 0.5) is 5.69 Å². The highest BCUT2D eigenvalue weighted by molar-refractivity contribution is 7.92. The molecule has 4 rings (SSSR count). The Balaban J connectivity index is 1.68. The molecule has 1 heterocycles. The summed E-state index contributed by atoms with van der Waals surface area (Å²) in [6.07, 6.45) is -0.386. The van der Waals surface area contributed by atoms with Gasteiger partial charge in [-0.3, -0.25) is 14.4 Å². The van der Waals surface area contributed by atoms with Gasteiger partial charge >= 0.3 is 0 Å². The average Bonchev–Trinajstić information content (AvgIpc) is 2.95. The van der Waals surface area contributed by atoms with Gasteiger partial charge in [0.1, 0.15) is 11.9 Å². The first kappa shape index (κ1) is 30.4. The van der Waals surface area contributed by atoms with Crippen molar-refractivity contribution in [3.8, 4) is 11.5 Å². The third-order valence-corrected chi connectivity index (χ3v) is 8.75. The second-order valence-corrected chi connectivity index (χ2v) is 12.5. The standard InChI is InChI=1S/C31H39N3O6S/c1-21-9-15-26(16-10-21)41(37,38)32-28-8-6-7-27-30(28)40-29(22(2)17-34(31(27)36)23(3)20-35)19-33(4)18-24-11-13-25(39-5)14-12-24/h6-16,22-23,29,32,35H,17-20H2,1-5H3/t22-,23+,29-/m0/s1. The molecule has 2 N–H and O–H groups in total. The summed E-state index contributed by atoms with van der Waals surface area (Å²) >= 11 is 0. The quantitative estimate of drug-likeness (QED) is 0.370. The molecule has 0 spiro atoms. The Morgan fingerprint density at radius 3 is 2.44 bits per heavy atom. The molecule has 9 nitrogen and oxygen atoms in total. The van der Waals surface area contributed by atoms with Gasteiger partial charge in [0, 0.05) is 25.6 Å². The van der Waals surface area contributed by atoms with E-state index in [1.165, 1.54) is 0 Å². The van der Waals surface area contributed by atoms with Gasteiger partial charge in [-0.25, -0.2) is 8.42 Å². The molecule has 1 amide bonds. The molecule has 0 saturated carbocycles. The number of sulfonamides is 1. The molecule has 3 aromatic rings. The number of amides is 1. The highest BCUT2D eigenvalue weighted by Gasteiger charge is 2.35. The molecular formula is C31H39N3O6S. The van der Waals surface area contributed by atoms with Crippen LogP contribution >= 0.6 is 0 Å². The summed E-state index contributed by atoms with van der Waals surface area (Å²) in [7, 11) is -0.329. The Morgan fingerprint density at radius 2 is 1.80 bits per heavy atom. The normalized spacial score (nSPS) is 18.2. The molecule has 0 radical (unpaired) electrons. The molecule has 41 heavy (non-hydrogen) atoms. The first-order chi connectivity index (χ1) is 19.5. The maximum absolute atomic E-state index is 13.7. The molecule has 1 aliphatic heterocycles. The van der Waals surface area contributed by atoms with Crippen LogP contribution in [0, 0.1) is 12.8 Å². The van der Waals surface area contributed by atoms with Gasteiger partial charge in [0.25, 0.3) is 15.9 Å². The van der Waals surface area contributed by atoms with Gasteiger partial charge in [0.15, 0.2) is 5.75 Å². The number of aliphatic hydroxyl groups excluding tert-OH is 1. The minimum atomic E-state index is -3.95. The van der Waals surface area contributed by atoms with Gasteiger partial charge in [-0.2, -0.15) is 0 Å². The van der Waals surface area contributed by atoms with E-state index < -0.39 is 16.1 Å². The van der Waals surface area contributed by atoms with Crippen molar-refractivity contribution in [2.45, 2.75) is 44.4 Å². The summed E-state index contributed by atoms with van der Waals surface area (Å²) < 4.78 is 41.1. The predicted molar refractivity (Wildman–Crippen MR) is 159 cm³/mol. The number of methoxy groups -OCH3 is 1. The fourth-order valence-corrected chi connectivity index (χ4v) is 5.94. The topological polar surface area (TPSA) is 108 Å². The molecular weight excluding hydrogens is 542 g/mol. The molecule has 220 valence electrons. The van der Waals surface area contributed by atoms with Crippen LogP contribution in [0.5, 0.6) is 11.5 Å². The number of hydrogen-bond donors (Lipinski definition) is 2. The lowest BCUT2D eigenvalue weighted by molar-refractivity contribution is 0.0344. The SMILES string of the molecule is COc1ccc(CN(C)C[C@@H]2Oc3c(NS(=O)(=O)c4ccc(C)cc4)cccc3C(=O)N([C@H](C)CO)C[C@@H]2C)cc1. The van der Waals surface area contributed by atoms with E-state index >= 15 is 0 Å². The lowest BCUT2D eigenvalue weighted by atomic mass is 9.99. The molecule has 3 atom stereocenters. The number of carbonyl (C=O) groups excluding carboxylic acids is 1. The number of likely N-dealkylation sites (N-methyl/N-ethyl adjacent to an activating group) is 1. The van der Waals surface area contributed by atoms with Crippen LogP contribution in [0.15, 0.2) is 71.6 Å². The van der Waals surface area contributed by atoms with Crippen LogP contribution in [0.1, 0.15) is 35.3 Å². The summed E-state index contributed by atoms with van der Waals surface area (Å²) in [5.41, 5.74) is 2.47. The predicted octanol–water partition coefficient (Wildman–Crippen LogP) is 4.16. The van der Waals surface area contributed by atoms with E-state index in [0.717, 1.165) is 16.9 Å². The van der Waals surface area contributed by atoms with Crippen molar-refractivity contribution in [3.05, 3.63) is 83.4 Å². The third kappa shape index (κ3) is 7.19. The summed E-state index contributed by atoms with van der Waals surface area (Å²) in [5, 5.41) is 9.93. The van der Waals surface area contributed by atoms with Crippen molar-refractivity contribution in [2.24, 2.45) is 5.92 Å². The number of anilines is 1. The van der Waals surface area contributed by atoms with E-state index in [1.807, 2.05) is 45.2 Å². The summed E-state index contributed by atoms with van der Waals surface area (Å²) in [6, 6.07) is 18.8. The molecule has 0 aliphatic carbocycles. The van der Waals surface area contributed by atoms with E-state index in [0.29, 0.717) is 19.6 Å². The van der Waals surface area contributed by atoms with Gasteiger partial charge in [-0.05, 0) is 62.9 Å². The summed E-state index contributed by atoms with van der Waals surface area (Å²) in [6.45, 7) is 7.02. The van der Waals surface area contributed by atoms with Gasteiger partial charge in [0.2, 0.25) is 0 Å². The molecule has 0 fully saturated rings. The molecule has 3 aromatic carbocycles. The van der Waals surface area contributed by atoms with Crippen LogP contribution in [-0.2, 0) is 16.6 Å². The zero-order chi connectivity index (χ0) is 29.7. The third-order valence-electron chi connectivity index (χ3n) is 7.37. The number of nitrogens with zero attached hydrogens (tertiary/aromatic N) is 2. The number of rotatable bonds is 10. The average molecular weight is 582 g/mol. The zero-order valence-electron chi connectivity index (χ0n) is 24.2. The molecule has 0 unspecified atom stereocenters. The number of ether oxygens (including phenoxy) is 2. The highest BCUT2D eigenvalue weighted by atomic mass is 32.2. The Hall–Kier alpha value is -3.60. The number of aliphatic hydroxyl groups is 1. The van der Waals surface area contributed by atoms with Crippen LogP contribution in [-0.4, -0.2) is 75.2 Å². The first-order valence-electron chi connectivity index (χ1n) is 13.6. The Labute approximate surface area is 242 Å². The number of hydrogen-bond acceptors (Lipinski definition) is 7. The molecule has 0 aromatic heterocycles. The maximum Gasteiger partial charge on any atom is 0.262 e.